The summed E-state index contributed by atoms with van der Waals surface area (Å²) in [6.45, 7) is 11.5. The molecule has 4 rings (SSSR count). The Morgan fingerprint density at radius 1 is 1.23 bits per heavy atom. The lowest BCUT2D eigenvalue weighted by molar-refractivity contribution is 0.0389. The SMILES string of the molecule is Cc1nnc(CN=C(NCCN2CCOCC2)NC2CC(C)N(C3CC3)C2)n1C.I. The van der Waals surface area contributed by atoms with E-state index in [2.05, 4.69) is 37.6 Å². The molecule has 1 aromatic rings. The molecule has 0 bridgehead atoms. The van der Waals surface area contributed by atoms with Crippen LogP contribution >= 0.6 is 24.0 Å². The molecule has 0 radical (unpaired) electrons. The molecule has 1 aromatic heterocycles. The number of morpholine rings is 1. The summed E-state index contributed by atoms with van der Waals surface area (Å²) in [7, 11) is 1.99. The Morgan fingerprint density at radius 2 is 2.00 bits per heavy atom. The number of likely N-dealkylation sites (tertiary alicyclic amines) is 1. The Hall–Kier alpha value is -0.980. The molecular formula is C20H37IN8O. The zero-order valence-electron chi connectivity index (χ0n) is 18.5. The van der Waals surface area contributed by atoms with Gasteiger partial charge in [-0.3, -0.25) is 9.80 Å². The van der Waals surface area contributed by atoms with Gasteiger partial charge in [-0.25, -0.2) is 4.99 Å². The van der Waals surface area contributed by atoms with E-state index >= 15 is 0 Å². The fraction of sp³-hybridized carbons (Fsp3) is 0.850. The molecule has 3 aliphatic rings. The molecule has 2 atom stereocenters. The van der Waals surface area contributed by atoms with E-state index in [4.69, 9.17) is 9.73 Å². The number of hydrogen-bond donors (Lipinski definition) is 2. The van der Waals surface area contributed by atoms with Crippen LogP contribution in [0.2, 0.25) is 0 Å². The minimum absolute atomic E-state index is 0. The molecule has 2 saturated heterocycles. The topological polar surface area (TPSA) is 82.8 Å². The summed E-state index contributed by atoms with van der Waals surface area (Å²) in [5, 5.41) is 15.6. The lowest BCUT2D eigenvalue weighted by atomic mass is 10.2. The Kier molecular flexibility index (Phi) is 8.72. The summed E-state index contributed by atoms with van der Waals surface area (Å²) in [6.07, 6.45) is 3.90. The van der Waals surface area contributed by atoms with Crippen molar-refractivity contribution in [3.05, 3.63) is 11.6 Å². The fourth-order valence-corrected chi connectivity index (χ4v) is 4.32. The highest BCUT2D eigenvalue weighted by molar-refractivity contribution is 14.0. The van der Waals surface area contributed by atoms with Crippen LogP contribution in [0.4, 0.5) is 0 Å². The molecule has 2 unspecified atom stereocenters. The van der Waals surface area contributed by atoms with Gasteiger partial charge in [0.25, 0.3) is 0 Å². The smallest absolute Gasteiger partial charge is 0.192 e. The van der Waals surface area contributed by atoms with Crippen LogP contribution in [0.25, 0.3) is 0 Å². The van der Waals surface area contributed by atoms with Gasteiger partial charge in [0.15, 0.2) is 11.8 Å². The van der Waals surface area contributed by atoms with Crippen LogP contribution in [-0.4, -0.2) is 94.6 Å². The standard InChI is InChI=1S/C20H36N8O.HI/c1-15-12-17(14-28(15)18-4-5-18)23-20(21-6-7-27-8-10-29-11-9-27)22-13-19-25-24-16(2)26(19)3;/h15,17-18H,4-14H2,1-3H3,(H2,21,22,23);1H. The normalized spacial score (nSPS) is 25.9. The number of halogens is 1. The predicted octanol–water partition coefficient (Wildman–Crippen LogP) is 0.734. The van der Waals surface area contributed by atoms with Crippen molar-refractivity contribution in [1.29, 1.82) is 0 Å². The number of ether oxygens (including phenoxy) is 1. The first kappa shape index (κ1) is 23.7. The minimum atomic E-state index is 0. The maximum Gasteiger partial charge on any atom is 0.192 e. The first-order valence-electron chi connectivity index (χ1n) is 11.1. The van der Waals surface area contributed by atoms with Crippen LogP contribution in [0.15, 0.2) is 4.99 Å². The molecular weight excluding hydrogens is 495 g/mol. The van der Waals surface area contributed by atoms with Gasteiger partial charge in [-0.1, -0.05) is 0 Å². The maximum atomic E-state index is 5.44. The highest BCUT2D eigenvalue weighted by atomic mass is 127. The van der Waals surface area contributed by atoms with Crippen molar-refractivity contribution in [2.45, 2.75) is 57.8 Å². The second kappa shape index (κ2) is 11.1. The van der Waals surface area contributed by atoms with E-state index in [-0.39, 0.29) is 24.0 Å². The monoisotopic (exact) mass is 532 g/mol. The molecule has 0 spiro atoms. The van der Waals surface area contributed by atoms with Crippen molar-refractivity contribution in [3.8, 4) is 0 Å². The lowest BCUT2D eigenvalue weighted by Crippen LogP contribution is -2.48. The van der Waals surface area contributed by atoms with E-state index in [1.807, 2.05) is 18.5 Å². The number of aromatic nitrogens is 3. The quantitative estimate of drug-likeness (QED) is 0.305. The summed E-state index contributed by atoms with van der Waals surface area (Å²) < 4.78 is 7.44. The largest absolute Gasteiger partial charge is 0.379 e. The zero-order chi connectivity index (χ0) is 20.2. The molecule has 1 saturated carbocycles. The summed E-state index contributed by atoms with van der Waals surface area (Å²) in [4.78, 5) is 9.93. The number of rotatable bonds is 7. The summed E-state index contributed by atoms with van der Waals surface area (Å²) >= 11 is 0. The average Bonchev–Trinajstić information content (AvgIpc) is 3.43. The van der Waals surface area contributed by atoms with Gasteiger partial charge in [-0.15, -0.1) is 34.2 Å². The average molecular weight is 532 g/mol. The number of aryl methyl sites for hydroxylation is 1. The first-order valence-corrected chi connectivity index (χ1v) is 11.1. The van der Waals surface area contributed by atoms with E-state index < -0.39 is 0 Å². The minimum Gasteiger partial charge on any atom is -0.379 e. The number of guanidine groups is 1. The maximum absolute atomic E-state index is 5.44. The van der Waals surface area contributed by atoms with Crippen molar-refractivity contribution >= 4 is 29.9 Å². The van der Waals surface area contributed by atoms with Crippen molar-refractivity contribution in [2.75, 3.05) is 45.9 Å². The van der Waals surface area contributed by atoms with Gasteiger partial charge in [-0.2, -0.15) is 0 Å². The Balaban J connectivity index is 0.00000256. The van der Waals surface area contributed by atoms with Crippen LogP contribution in [0.1, 0.15) is 37.8 Å². The summed E-state index contributed by atoms with van der Waals surface area (Å²) in [5.74, 6) is 2.68. The van der Waals surface area contributed by atoms with Crippen molar-refractivity contribution in [3.63, 3.8) is 0 Å². The molecule has 170 valence electrons. The third-order valence-electron chi connectivity index (χ3n) is 6.37. The molecule has 9 nitrogen and oxygen atoms in total. The Bertz CT molecular complexity index is 701. The van der Waals surface area contributed by atoms with Crippen molar-refractivity contribution < 1.29 is 4.74 Å². The van der Waals surface area contributed by atoms with Gasteiger partial charge in [-0.05, 0) is 33.1 Å². The van der Waals surface area contributed by atoms with Crippen LogP contribution in [0.5, 0.6) is 0 Å². The molecule has 3 heterocycles. The van der Waals surface area contributed by atoms with Crippen molar-refractivity contribution in [1.82, 2.24) is 35.2 Å². The third kappa shape index (κ3) is 6.27. The molecule has 3 fully saturated rings. The van der Waals surface area contributed by atoms with E-state index in [1.54, 1.807) is 0 Å². The Morgan fingerprint density at radius 3 is 2.67 bits per heavy atom. The second-order valence-corrected chi connectivity index (χ2v) is 8.62. The number of aliphatic imine (C=N–C) groups is 1. The zero-order valence-corrected chi connectivity index (χ0v) is 20.8. The molecule has 1 aliphatic carbocycles. The highest BCUT2D eigenvalue weighted by Crippen LogP contribution is 2.33. The summed E-state index contributed by atoms with van der Waals surface area (Å²) in [6, 6.07) is 1.91. The van der Waals surface area contributed by atoms with Gasteiger partial charge in [0.2, 0.25) is 0 Å². The molecule has 2 N–H and O–H groups in total. The Labute approximate surface area is 197 Å². The first-order chi connectivity index (χ1) is 14.1. The fourth-order valence-electron chi connectivity index (χ4n) is 4.32. The molecule has 10 heteroatoms. The van der Waals surface area contributed by atoms with Gasteiger partial charge in [0, 0.05) is 57.9 Å². The van der Waals surface area contributed by atoms with E-state index in [0.29, 0.717) is 18.6 Å². The molecule has 30 heavy (non-hydrogen) atoms. The summed E-state index contributed by atoms with van der Waals surface area (Å²) in [5.41, 5.74) is 0. The van der Waals surface area contributed by atoms with Gasteiger partial charge >= 0.3 is 0 Å². The van der Waals surface area contributed by atoms with Gasteiger partial charge in [0.1, 0.15) is 12.4 Å². The third-order valence-corrected chi connectivity index (χ3v) is 6.37. The predicted molar refractivity (Wildman–Crippen MR) is 128 cm³/mol. The molecule has 0 aromatic carbocycles. The number of nitrogens with one attached hydrogen (secondary N) is 2. The highest BCUT2D eigenvalue weighted by Gasteiger charge is 2.38. The van der Waals surface area contributed by atoms with Crippen LogP contribution in [0, 0.1) is 6.92 Å². The van der Waals surface area contributed by atoms with Crippen LogP contribution < -0.4 is 10.6 Å². The van der Waals surface area contributed by atoms with E-state index in [9.17, 15) is 0 Å². The van der Waals surface area contributed by atoms with Crippen LogP contribution in [0.3, 0.4) is 0 Å². The van der Waals surface area contributed by atoms with E-state index in [0.717, 1.165) is 69.6 Å². The molecule has 0 amide bonds. The van der Waals surface area contributed by atoms with Gasteiger partial charge < -0.3 is 19.9 Å². The number of hydrogen-bond acceptors (Lipinski definition) is 6. The lowest BCUT2D eigenvalue weighted by Gasteiger charge is -2.27. The van der Waals surface area contributed by atoms with Crippen LogP contribution in [-0.2, 0) is 18.3 Å². The van der Waals surface area contributed by atoms with Crippen molar-refractivity contribution in [2.24, 2.45) is 12.0 Å². The molecule has 2 aliphatic heterocycles. The second-order valence-electron chi connectivity index (χ2n) is 8.62. The number of nitrogens with zero attached hydrogens (tertiary/aromatic N) is 6. The van der Waals surface area contributed by atoms with E-state index in [1.165, 1.54) is 19.3 Å². The van der Waals surface area contributed by atoms with Gasteiger partial charge in [0.05, 0.1) is 13.2 Å².